The van der Waals surface area contributed by atoms with Gasteiger partial charge in [0.2, 0.25) is 0 Å². The van der Waals surface area contributed by atoms with Crippen molar-refractivity contribution in [3.8, 4) is 0 Å². The molecular formula is C17H17ClN6O2. The standard InChI is InChI=1S/C17H17ClN6O2/c18-10-5-11(22-13-6-12(19)20-7-21-13)16(26)24-14(10)15(25)23-17(24)8-1-2-9(17)4-3-8/h5-9H,1-4H2,(H,23,25)(H3,19,20,21,22). The Morgan fingerprint density at radius 3 is 2.54 bits per heavy atom. The lowest BCUT2D eigenvalue weighted by molar-refractivity contribution is 0.0869. The number of nitrogen functional groups attached to an aromatic ring is 1. The molecule has 3 aliphatic rings. The Hall–Kier alpha value is -2.61. The van der Waals surface area contributed by atoms with Crippen molar-refractivity contribution in [1.29, 1.82) is 0 Å². The molecule has 2 saturated carbocycles. The second kappa shape index (κ2) is 5.20. The maximum atomic E-state index is 13.3. The van der Waals surface area contributed by atoms with Crippen molar-refractivity contribution >= 4 is 34.8 Å². The van der Waals surface area contributed by atoms with Crippen LogP contribution in [0.5, 0.6) is 0 Å². The molecule has 0 unspecified atom stereocenters. The number of carbonyl (C=O) groups is 1. The van der Waals surface area contributed by atoms with Crippen LogP contribution in [0.3, 0.4) is 0 Å². The average Bonchev–Trinajstić information content (AvgIpc) is 3.23. The van der Waals surface area contributed by atoms with Gasteiger partial charge < -0.3 is 16.4 Å². The van der Waals surface area contributed by atoms with E-state index in [0.29, 0.717) is 5.82 Å². The van der Waals surface area contributed by atoms with Crippen molar-refractivity contribution in [3.05, 3.63) is 39.5 Å². The van der Waals surface area contributed by atoms with Gasteiger partial charge in [0, 0.05) is 17.9 Å². The van der Waals surface area contributed by atoms with Crippen LogP contribution in [0.25, 0.3) is 0 Å². The molecule has 1 aliphatic heterocycles. The van der Waals surface area contributed by atoms with Crippen LogP contribution in [-0.2, 0) is 5.66 Å². The van der Waals surface area contributed by atoms with Crippen LogP contribution >= 0.6 is 11.6 Å². The molecule has 0 saturated heterocycles. The molecule has 0 radical (unpaired) electrons. The van der Waals surface area contributed by atoms with Gasteiger partial charge >= 0.3 is 0 Å². The third-order valence-corrected chi connectivity index (χ3v) is 6.26. The summed E-state index contributed by atoms with van der Waals surface area (Å²) in [5.41, 5.74) is 5.27. The Morgan fingerprint density at radius 2 is 1.88 bits per heavy atom. The van der Waals surface area contributed by atoms with Crippen LogP contribution in [0.2, 0.25) is 5.02 Å². The number of amides is 1. The number of aromatic nitrogens is 3. The quantitative estimate of drug-likeness (QED) is 0.740. The van der Waals surface area contributed by atoms with Gasteiger partial charge in [0.25, 0.3) is 11.5 Å². The highest BCUT2D eigenvalue weighted by Gasteiger charge is 2.61. The van der Waals surface area contributed by atoms with Crippen LogP contribution < -0.4 is 21.9 Å². The summed E-state index contributed by atoms with van der Waals surface area (Å²) in [6, 6.07) is 3.01. The first kappa shape index (κ1) is 15.6. The molecular weight excluding hydrogens is 356 g/mol. The van der Waals surface area contributed by atoms with E-state index in [1.54, 1.807) is 4.57 Å². The van der Waals surface area contributed by atoms with E-state index < -0.39 is 5.66 Å². The highest BCUT2D eigenvalue weighted by Crippen LogP contribution is 2.56. The van der Waals surface area contributed by atoms with Gasteiger partial charge in [-0.1, -0.05) is 11.6 Å². The molecule has 2 fully saturated rings. The number of halogens is 1. The average molecular weight is 373 g/mol. The van der Waals surface area contributed by atoms with Crippen molar-refractivity contribution in [2.24, 2.45) is 11.8 Å². The fraction of sp³-hybridized carbons (Fsp3) is 0.412. The highest BCUT2D eigenvalue weighted by molar-refractivity contribution is 6.34. The first-order chi connectivity index (χ1) is 12.5. The second-order valence-corrected chi connectivity index (χ2v) is 7.58. The molecule has 1 spiro atoms. The van der Waals surface area contributed by atoms with Gasteiger partial charge in [0.05, 0.1) is 5.02 Å². The van der Waals surface area contributed by atoms with E-state index in [2.05, 4.69) is 20.6 Å². The zero-order valence-electron chi connectivity index (χ0n) is 13.8. The van der Waals surface area contributed by atoms with Crippen LogP contribution in [0.15, 0.2) is 23.3 Å². The van der Waals surface area contributed by atoms with E-state index >= 15 is 0 Å². The molecule has 2 aliphatic carbocycles. The van der Waals surface area contributed by atoms with Crippen molar-refractivity contribution in [3.63, 3.8) is 0 Å². The summed E-state index contributed by atoms with van der Waals surface area (Å²) in [6.45, 7) is 0. The van der Waals surface area contributed by atoms with E-state index in [9.17, 15) is 9.59 Å². The number of anilines is 3. The van der Waals surface area contributed by atoms with Gasteiger partial charge in [-0.2, -0.15) is 0 Å². The van der Waals surface area contributed by atoms with E-state index in [1.807, 2.05) is 0 Å². The monoisotopic (exact) mass is 372 g/mol. The number of carbonyl (C=O) groups excluding carboxylic acids is 1. The number of fused-ring (bicyclic) bond motifs is 1. The van der Waals surface area contributed by atoms with Crippen LogP contribution in [0.1, 0.15) is 36.2 Å². The van der Waals surface area contributed by atoms with Gasteiger partial charge in [-0.05, 0) is 31.7 Å². The third kappa shape index (κ3) is 1.90. The molecule has 0 aromatic carbocycles. The van der Waals surface area contributed by atoms with Crippen LogP contribution in [0, 0.1) is 11.8 Å². The molecule has 26 heavy (non-hydrogen) atoms. The predicted molar refractivity (Wildman–Crippen MR) is 96.3 cm³/mol. The largest absolute Gasteiger partial charge is 0.384 e. The van der Waals surface area contributed by atoms with Crippen molar-refractivity contribution in [2.45, 2.75) is 31.3 Å². The summed E-state index contributed by atoms with van der Waals surface area (Å²) in [6.07, 6.45) is 5.35. The molecule has 1 amide bonds. The van der Waals surface area contributed by atoms with Gasteiger partial charge in [0.1, 0.15) is 35.0 Å². The molecule has 0 atom stereocenters. The lowest BCUT2D eigenvalue weighted by Crippen LogP contribution is -2.51. The molecule has 134 valence electrons. The summed E-state index contributed by atoms with van der Waals surface area (Å²) in [5.74, 6) is 0.931. The summed E-state index contributed by atoms with van der Waals surface area (Å²) < 4.78 is 1.60. The van der Waals surface area contributed by atoms with Gasteiger partial charge in [-0.25, -0.2) is 9.97 Å². The fourth-order valence-corrected chi connectivity index (χ4v) is 5.27. The predicted octanol–water partition coefficient (Wildman–Crippen LogP) is 1.83. The first-order valence-corrected chi connectivity index (χ1v) is 9.01. The SMILES string of the molecule is Nc1cc(Nc2cc(Cl)c3n(c2=O)C2(NC3=O)C3CCC2CC3)ncn1. The van der Waals surface area contributed by atoms with E-state index in [4.69, 9.17) is 17.3 Å². The maximum absolute atomic E-state index is 13.3. The minimum Gasteiger partial charge on any atom is -0.384 e. The molecule has 2 aromatic rings. The zero-order chi connectivity index (χ0) is 18.1. The van der Waals surface area contributed by atoms with Gasteiger partial charge in [0.15, 0.2) is 0 Å². The number of rotatable bonds is 2. The lowest BCUT2D eigenvalue weighted by Gasteiger charge is -2.32. The van der Waals surface area contributed by atoms with E-state index in [1.165, 1.54) is 18.5 Å². The number of nitrogens with two attached hydrogens (primary N) is 1. The number of nitrogens with one attached hydrogen (secondary N) is 2. The maximum Gasteiger partial charge on any atom is 0.276 e. The Kier molecular flexibility index (Phi) is 3.13. The molecule has 2 bridgehead atoms. The first-order valence-electron chi connectivity index (χ1n) is 8.64. The van der Waals surface area contributed by atoms with Crippen molar-refractivity contribution in [2.75, 3.05) is 11.1 Å². The summed E-state index contributed by atoms with van der Waals surface area (Å²) in [7, 11) is 0. The third-order valence-electron chi connectivity index (χ3n) is 5.98. The summed E-state index contributed by atoms with van der Waals surface area (Å²) in [4.78, 5) is 33.8. The van der Waals surface area contributed by atoms with Crippen LogP contribution in [-0.4, -0.2) is 20.4 Å². The number of hydrogen-bond donors (Lipinski definition) is 3. The van der Waals surface area contributed by atoms with Gasteiger partial charge in [-0.3, -0.25) is 14.2 Å². The normalized spacial score (nSPS) is 28.4. The number of pyridine rings is 1. The molecule has 3 heterocycles. The minimum atomic E-state index is -0.643. The second-order valence-electron chi connectivity index (χ2n) is 7.18. The Labute approximate surface area is 153 Å². The Bertz CT molecular complexity index is 983. The van der Waals surface area contributed by atoms with E-state index in [0.717, 1.165) is 25.7 Å². The van der Waals surface area contributed by atoms with Gasteiger partial charge in [-0.15, -0.1) is 0 Å². The number of nitrogens with zero attached hydrogens (tertiary/aromatic N) is 3. The Balaban J connectivity index is 1.69. The molecule has 2 aromatic heterocycles. The smallest absolute Gasteiger partial charge is 0.276 e. The molecule has 9 heteroatoms. The molecule has 4 N–H and O–H groups in total. The van der Waals surface area contributed by atoms with Crippen molar-refractivity contribution in [1.82, 2.24) is 19.9 Å². The fourth-order valence-electron chi connectivity index (χ4n) is 4.99. The summed E-state index contributed by atoms with van der Waals surface area (Å²) in [5, 5.41) is 6.32. The lowest BCUT2D eigenvalue weighted by atomic mass is 9.98. The number of hydrogen-bond acceptors (Lipinski definition) is 6. The summed E-state index contributed by atoms with van der Waals surface area (Å²) >= 11 is 6.40. The Morgan fingerprint density at radius 1 is 1.19 bits per heavy atom. The minimum absolute atomic E-state index is 0.245. The molecule has 5 rings (SSSR count). The highest BCUT2D eigenvalue weighted by atomic mass is 35.5. The topological polar surface area (TPSA) is 115 Å². The van der Waals surface area contributed by atoms with Crippen LogP contribution in [0.4, 0.5) is 17.3 Å². The molecule has 8 nitrogen and oxygen atoms in total. The van der Waals surface area contributed by atoms with E-state index in [-0.39, 0.29) is 45.5 Å². The van der Waals surface area contributed by atoms with Crippen molar-refractivity contribution < 1.29 is 4.79 Å². The zero-order valence-corrected chi connectivity index (χ0v) is 14.6.